The van der Waals surface area contributed by atoms with Gasteiger partial charge in [0.1, 0.15) is 5.75 Å². The van der Waals surface area contributed by atoms with Crippen LogP contribution in [0.5, 0.6) is 5.75 Å². The number of phenolic OH excluding ortho intramolecular Hbond substituents is 1. The molecule has 0 fully saturated rings. The van der Waals surface area contributed by atoms with Crippen LogP contribution >= 0.6 is 39.5 Å². The van der Waals surface area contributed by atoms with E-state index >= 15 is 0 Å². The van der Waals surface area contributed by atoms with Crippen LogP contribution < -0.4 is 4.90 Å². The summed E-state index contributed by atoms with van der Waals surface area (Å²) in [6.07, 6.45) is 9.58. The second-order valence-corrected chi connectivity index (χ2v) is 10.8. The number of nitrogens with zero attached hydrogens (tertiary/aromatic N) is 1. The van der Waals surface area contributed by atoms with Gasteiger partial charge in [-0.2, -0.15) is 0 Å². The molecular weight excluding hydrogens is 462 g/mol. The summed E-state index contributed by atoms with van der Waals surface area (Å²) < 4.78 is 1.10. The minimum Gasteiger partial charge on any atom is -0.507 e. The summed E-state index contributed by atoms with van der Waals surface area (Å²) in [5, 5.41) is 10.5. The third-order valence-electron chi connectivity index (χ3n) is 5.84. The van der Waals surface area contributed by atoms with Gasteiger partial charge in [0.2, 0.25) is 0 Å². The van der Waals surface area contributed by atoms with Gasteiger partial charge in [0, 0.05) is 27.4 Å². The zero-order valence-electron chi connectivity index (χ0n) is 17.7. The molecule has 5 heteroatoms. The van der Waals surface area contributed by atoms with Crippen molar-refractivity contribution in [1.82, 2.24) is 0 Å². The van der Waals surface area contributed by atoms with Crippen molar-refractivity contribution in [1.29, 1.82) is 0 Å². The summed E-state index contributed by atoms with van der Waals surface area (Å²) >= 11 is 7.12. The van der Waals surface area contributed by atoms with Crippen molar-refractivity contribution in [2.24, 2.45) is 5.41 Å². The van der Waals surface area contributed by atoms with E-state index in [1.54, 1.807) is 11.8 Å². The number of fused-ring (bicyclic) bond motifs is 1. The van der Waals surface area contributed by atoms with Crippen LogP contribution in [0.3, 0.4) is 0 Å². The molecule has 0 unspecified atom stereocenters. The van der Waals surface area contributed by atoms with Crippen LogP contribution in [0, 0.1) is 5.41 Å². The van der Waals surface area contributed by atoms with Gasteiger partial charge >= 0.3 is 0 Å². The quantitative estimate of drug-likeness (QED) is 0.372. The lowest BCUT2D eigenvalue weighted by Crippen LogP contribution is -2.36. The fourth-order valence-electron chi connectivity index (χ4n) is 4.11. The first kappa shape index (κ1) is 22.9. The Bertz CT molecular complexity index is 801. The minimum atomic E-state index is 0.290. The zero-order valence-corrected chi connectivity index (χ0v) is 20.9. The first-order valence-electron chi connectivity index (χ1n) is 10.6. The number of thioether (sulfide) groups is 2. The van der Waals surface area contributed by atoms with Gasteiger partial charge in [0.25, 0.3) is 0 Å². The van der Waals surface area contributed by atoms with Gasteiger partial charge < -0.3 is 10.0 Å². The maximum absolute atomic E-state index is 10.5. The molecule has 2 aromatic carbocycles. The van der Waals surface area contributed by atoms with Gasteiger partial charge in [-0.05, 0) is 60.9 Å². The average molecular weight is 495 g/mol. The SMILES string of the molecule is CCCCC1(CCCC)CSc2cc(O)c(SC)cc2N(c2ccc(Br)cc2)C1. The molecule has 1 N–H and O–H groups in total. The number of hydrogen-bond donors (Lipinski definition) is 1. The molecule has 0 aromatic heterocycles. The molecule has 0 bridgehead atoms. The highest BCUT2D eigenvalue weighted by molar-refractivity contribution is 9.10. The molecule has 1 aliphatic heterocycles. The molecule has 1 aliphatic rings. The highest BCUT2D eigenvalue weighted by Crippen LogP contribution is 2.49. The van der Waals surface area contributed by atoms with E-state index in [9.17, 15) is 5.11 Å². The third-order valence-corrected chi connectivity index (χ3v) is 8.53. The van der Waals surface area contributed by atoms with Crippen LogP contribution in [0.2, 0.25) is 0 Å². The topological polar surface area (TPSA) is 23.5 Å². The Kier molecular flexibility index (Phi) is 8.29. The highest BCUT2D eigenvalue weighted by atomic mass is 79.9. The Hall–Kier alpha value is -0.780. The van der Waals surface area contributed by atoms with E-state index in [-0.39, 0.29) is 5.41 Å². The van der Waals surface area contributed by atoms with E-state index in [2.05, 4.69) is 65.0 Å². The Morgan fingerprint density at radius 2 is 1.76 bits per heavy atom. The molecule has 29 heavy (non-hydrogen) atoms. The van der Waals surface area contributed by atoms with Crippen molar-refractivity contribution in [3.63, 3.8) is 0 Å². The van der Waals surface area contributed by atoms with E-state index in [0.717, 1.165) is 21.7 Å². The van der Waals surface area contributed by atoms with Crippen LogP contribution in [0.25, 0.3) is 0 Å². The number of phenols is 1. The summed E-state index contributed by atoms with van der Waals surface area (Å²) in [7, 11) is 0. The summed E-state index contributed by atoms with van der Waals surface area (Å²) in [5.41, 5.74) is 2.75. The van der Waals surface area contributed by atoms with Gasteiger partial charge in [-0.25, -0.2) is 0 Å². The smallest absolute Gasteiger partial charge is 0.130 e. The van der Waals surface area contributed by atoms with Gasteiger partial charge in [0.05, 0.1) is 10.6 Å². The molecule has 1 heterocycles. The number of aromatic hydroxyl groups is 1. The molecule has 0 saturated carbocycles. The number of anilines is 2. The van der Waals surface area contributed by atoms with E-state index in [0.29, 0.717) is 5.75 Å². The predicted octanol–water partition coefficient (Wildman–Crippen LogP) is 8.49. The molecular formula is C24H32BrNOS2. The van der Waals surface area contributed by atoms with Crippen LogP contribution in [0.4, 0.5) is 11.4 Å². The molecule has 0 spiro atoms. The average Bonchev–Trinajstić information content (AvgIpc) is 2.88. The number of rotatable bonds is 8. The fourth-order valence-corrected chi connectivity index (χ4v) is 6.22. The normalized spacial score (nSPS) is 15.8. The van der Waals surface area contributed by atoms with Crippen molar-refractivity contribution in [3.05, 3.63) is 40.9 Å². The van der Waals surface area contributed by atoms with Crippen molar-refractivity contribution in [3.8, 4) is 5.75 Å². The van der Waals surface area contributed by atoms with E-state index in [1.807, 2.05) is 24.1 Å². The van der Waals surface area contributed by atoms with Gasteiger partial charge in [-0.3, -0.25) is 0 Å². The lowest BCUT2D eigenvalue weighted by Gasteiger charge is -2.37. The maximum Gasteiger partial charge on any atom is 0.130 e. The standard InChI is InChI=1S/C24H32BrNOS2/c1-4-6-12-24(13-7-5-2)16-26(19-10-8-18(25)9-11-19)20-14-23(28-3)21(27)15-22(20)29-17-24/h8-11,14-15,27H,4-7,12-13,16-17H2,1-3H3. The zero-order chi connectivity index (χ0) is 20.9. The largest absolute Gasteiger partial charge is 0.507 e. The maximum atomic E-state index is 10.5. The van der Waals surface area contributed by atoms with Gasteiger partial charge in [0.15, 0.2) is 0 Å². The Balaban J connectivity index is 2.09. The van der Waals surface area contributed by atoms with Crippen molar-refractivity contribution >= 4 is 50.8 Å². The number of hydrogen-bond acceptors (Lipinski definition) is 4. The monoisotopic (exact) mass is 493 g/mol. The first-order valence-corrected chi connectivity index (χ1v) is 13.6. The first-order chi connectivity index (χ1) is 14.0. The van der Waals surface area contributed by atoms with Crippen LogP contribution in [0.1, 0.15) is 52.4 Å². The predicted molar refractivity (Wildman–Crippen MR) is 133 cm³/mol. The van der Waals surface area contributed by atoms with Crippen molar-refractivity contribution in [2.75, 3.05) is 23.5 Å². The summed E-state index contributed by atoms with van der Waals surface area (Å²) in [5.74, 6) is 1.51. The van der Waals surface area contributed by atoms with Crippen LogP contribution in [-0.4, -0.2) is 23.7 Å². The molecule has 3 rings (SSSR count). The second-order valence-electron chi connectivity index (χ2n) is 8.05. The van der Waals surface area contributed by atoms with E-state index < -0.39 is 0 Å². The Labute approximate surface area is 193 Å². The summed E-state index contributed by atoms with van der Waals surface area (Å²) in [6, 6.07) is 12.8. The van der Waals surface area contributed by atoms with Crippen LogP contribution in [-0.2, 0) is 0 Å². The van der Waals surface area contributed by atoms with E-state index in [1.165, 1.54) is 54.8 Å². The number of halogens is 1. The van der Waals surface area contributed by atoms with Crippen molar-refractivity contribution < 1.29 is 5.11 Å². The van der Waals surface area contributed by atoms with E-state index in [4.69, 9.17) is 0 Å². The molecule has 2 nitrogen and oxygen atoms in total. The minimum absolute atomic E-state index is 0.290. The third kappa shape index (κ3) is 5.48. The van der Waals surface area contributed by atoms with Crippen molar-refractivity contribution in [2.45, 2.75) is 62.2 Å². The summed E-state index contributed by atoms with van der Waals surface area (Å²) in [4.78, 5) is 4.64. The molecule has 0 atom stereocenters. The second kappa shape index (κ2) is 10.5. The van der Waals surface area contributed by atoms with Crippen LogP contribution in [0.15, 0.2) is 50.7 Å². The lowest BCUT2D eigenvalue weighted by atomic mass is 9.79. The number of unbranched alkanes of at least 4 members (excludes halogenated alkanes) is 2. The lowest BCUT2D eigenvalue weighted by molar-refractivity contribution is 0.274. The molecule has 0 aliphatic carbocycles. The Morgan fingerprint density at radius 1 is 1.10 bits per heavy atom. The Morgan fingerprint density at radius 3 is 2.34 bits per heavy atom. The van der Waals surface area contributed by atoms with Gasteiger partial charge in [-0.15, -0.1) is 23.5 Å². The molecule has 158 valence electrons. The molecule has 0 amide bonds. The summed E-state index contributed by atoms with van der Waals surface area (Å²) in [6.45, 7) is 5.62. The van der Waals surface area contributed by atoms with Gasteiger partial charge in [-0.1, -0.05) is 55.5 Å². The fraction of sp³-hybridized carbons (Fsp3) is 0.500. The molecule has 0 radical (unpaired) electrons. The molecule has 2 aromatic rings. The molecule has 0 saturated heterocycles. The number of benzene rings is 2. The highest BCUT2D eigenvalue weighted by Gasteiger charge is 2.36.